The molecule has 0 spiro atoms. The first kappa shape index (κ1) is 18.6. The summed E-state index contributed by atoms with van der Waals surface area (Å²) < 4.78 is 27.9. The van der Waals surface area contributed by atoms with Gasteiger partial charge in [0.15, 0.2) is 0 Å². The van der Waals surface area contributed by atoms with Crippen molar-refractivity contribution in [2.24, 2.45) is 5.92 Å². The van der Waals surface area contributed by atoms with Crippen LogP contribution in [0.1, 0.15) is 33.6 Å². The maximum atomic E-state index is 12.4. The Morgan fingerprint density at radius 2 is 2.14 bits per heavy atom. The predicted molar refractivity (Wildman–Crippen MR) is 88.3 cm³/mol. The van der Waals surface area contributed by atoms with Crippen molar-refractivity contribution in [2.75, 3.05) is 0 Å². The number of aliphatic hydroxyl groups excluding tert-OH is 1. The van der Waals surface area contributed by atoms with Crippen LogP contribution in [0.5, 0.6) is 0 Å². The fourth-order valence-electron chi connectivity index (χ4n) is 1.99. The fourth-order valence-corrected chi connectivity index (χ4v) is 4.87. The van der Waals surface area contributed by atoms with Gasteiger partial charge < -0.3 is 5.11 Å². The molecule has 7 heteroatoms. The van der Waals surface area contributed by atoms with Crippen molar-refractivity contribution in [3.05, 3.63) is 28.6 Å². The molecule has 0 amide bonds. The summed E-state index contributed by atoms with van der Waals surface area (Å²) >= 11 is 6.79. The topological polar surface area (TPSA) is 66.4 Å². The molecule has 21 heavy (non-hydrogen) atoms. The Balaban J connectivity index is 2.97. The van der Waals surface area contributed by atoms with Gasteiger partial charge in [0, 0.05) is 0 Å². The van der Waals surface area contributed by atoms with Crippen LogP contribution in [0.25, 0.3) is 0 Å². The highest BCUT2D eigenvalue weighted by Gasteiger charge is 2.30. The third-order valence-corrected chi connectivity index (χ3v) is 6.52. The molecule has 0 bridgehead atoms. The molecule has 3 atom stereocenters. The Labute approximate surface area is 135 Å². The number of rotatable bonds is 8. The third-order valence-electron chi connectivity index (χ3n) is 3.33. The molecule has 0 radical (unpaired) electrons. The van der Waals surface area contributed by atoms with E-state index >= 15 is 0 Å². The number of sulfonamides is 1. The molecule has 0 aliphatic rings. The zero-order valence-electron chi connectivity index (χ0n) is 12.5. The summed E-state index contributed by atoms with van der Waals surface area (Å²) in [7, 11) is -3.68. The lowest BCUT2D eigenvalue weighted by Gasteiger charge is -2.28. The first-order valence-electron chi connectivity index (χ1n) is 6.77. The summed E-state index contributed by atoms with van der Waals surface area (Å²) in [5.74, 6) is 0.00422. The van der Waals surface area contributed by atoms with Gasteiger partial charge in [-0.05, 0) is 31.4 Å². The molecule has 4 nitrogen and oxygen atoms in total. The highest BCUT2D eigenvalue weighted by atomic mass is 35.5. The van der Waals surface area contributed by atoms with Gasteiger partial charge in [-0.1, -0.05) is 37.4 Å². The molecule has 1 rings (SSSR count). The Kier molecular flexibility index (Phi) is 6.87. The van der Waals surface area contributed by atoms with Crippen LogP contribution in [-0.2, 0) is 10.0 Å². The Morgan fingerprint density at radius 1 is 1.52 bits per heavy atom. The van der Waals surface area contributed by atoms with Crippen molar-refractivity contribution in [2.45, 2.75) is 50.0 Å². The molecule has 0 saturated carbocycles. The van der Waals surface area contributed by atoms with Gasteiger partial charge in [0.25, 0.3) is 0 Å². The van der Waals surface area contributed by atoms with E-state index in [9.17, 15) is 13.5 Å². The van der Waals surface area contributed by atoms with Crippen molar-refractivity contribution in [3.63, 3.8) is 0 Å². The lowest BCUT2D eigenvalue weighted by molar-refractivity contribution is 0.111. The number of thiophene rings is 1. The fraction of sp³-hybridized carbons (Fsp3) is 0.571. The van der Waals surface area contributed by atoms with E-state index < -0.39 is 22.2 Å². The molecular formula is C14H22ClNO3S2. The highest BCUT2D eigenvalue weighted by molar-refractivity contribution is 7.91. The molecule has 2 N–H and O–H groups in total. The van der Waals surface area contributed by atoms with Crippen molar-refractivity contribution >= 4 is 33.0 Å². The van der Waals surface area contributed by atoms with Crippen LogP contribution in [0.3, 0.4) is 0 Å². The second-order valence-corrected chi connectivity index (χ2v) is 8.98. The van der Waals surface area contributed by atoms with Crippen molar-refractivity contribution in [1.82, 2.24) is 4.72 Å². The molecule has 0 aromatic carbocycles. The van der Waals surface area contributed by atoms with Gasteiger partial charge >= 0.3 is 0 Å². The van der Waals surface area contributed by atoms with E-state index in [2.05, 4.69) is 11.3 Å². The molecule has 0 fully saturated rings. The van der Waals surface area contributed by atoms with E-state index in [0.717, 1.165) is 23.3 Å². The maximum absolute atomic E-state index is 12.4. The highest BCUT2D eigenvalue weighted by Crippen LogP contribution is 2.27. The smallest absolute Gasteiger partial charge is 0.250 e. The van der Waals surface area contributed by atoms with Gasteiger partial charge in [-0.2, -0.15) is 0 Å². The monoisotopic (exact) mass is 351 g/mol. The average molecular weight is 352 g/mol. The summed E-state index contributed by atoms with van der Waals surface area (Å²) in [5, 5.41) is 10.3. The van der Waals surface area contributed by atoms with E-state index in [1.807, 2.05) is 20.8 Å². The summed E-state index contributed by atoms with van der Waals surface area (Å²) in [6.45, 7) is 9.45. The average Bonchev–Trinajstić information content (AvgIpc) is 2.81. The Morgan fingerprint density at radius 3 is 2.57 bits per heavy atom. The van der Waals surface area contributed by atoms with Crippen molar-refractivity contribution in [1.29, 1.82) is 0 Å². The van der Waals surface area contributed by atoms with E-state index in [1.54, 1.807) is 6.07 Å². The summed E-state index contributed by atoms with van der Waals surface area (Å²) in [5.41, 5.74) is 0.814. The number of halogens is 1. The lowest BCUT2D eigenvalue weighted by Crippen LogP contribution is -2.47. The normalized spacial score (nSPS) is 16.4. The first-order chi connectivity index (χ1) is 9.67. The number of hydrogen-bond donors (Lipinski definition) is 2. The lowest BCUT2D eigenvalue weighted by atomic mass is 9.92. The molecule has 0 saturated heterocycles. The number of nitrogens with one attached hydrogen (secondary N) is 1. The summed E-state index contributed by atoms with van der Waals surface area (Å²) in [6, 6.07) is 2.45. The molecule has 0 aliphatic carbocycles. The van der Waals surface area contributed by atoms with E-state index in [4.69, 9.17) is 11.6 Å². The Hall–Kier alpha value is -0.400. The minimum atomic E-state index is -3.68. The van der Waals surface area contributed by atoms with Gasteiger partial charge in [0.05, 0.1) is 16.5 Å². The minimum absolute atomic E-state index is 0.00422. The molecule has 1 aromatic rings. The second-order valence-electron chi connectivity index (χ2n) is 5.32. The van der Waals surface area contributed by atoms with Crippen molar-refractivity contribution < 1.29 is 13.5 Å². The summed E-state index contributed by atoms with van der Waals surface area (Å²) in [6.07, 6.45) is 0.316. The van der Waals surface area contributed by atoms with E-state index in [-0.39, 0.29) is 10.1 Å². The van der Waals surface area contributed by atoms with Crippen LogP contribution in [-0.4, -0.2) is 25.7 Å². The van der Waals surface area contributed by atoms with E-state index in [1.165, 1.54) is 6.07 Å². The number of aliphatic hydroxyl groups is 1. The van der Waals surface area contributed by atoms with Gasteiger partial charge in [-0.15, -0.1) is 17.9 Å². The molecule has 1 heterocycles. The van der Waals surface area contributed by atoms with Crippen molar-refractivity contribution in [3.8, 4) is 0 Å². The quantitative estimate of drug-likeness (QED) is 0.705. The third kappa shape index (κ3) is 5.38. The predicted octanol–water partition coefficient (Wildman–Crippen LogP) is 3.42. The first-order valence-corrected chi connectivity index (χ1v) is 9.45. The van der Waals surface area contributed by atoms with Crippen LogP contribution in [0, 0.1) is 5.92 Å². The van der Waals surface area contributed by atoms with Crippen LogP contribution < -0.4 is 4.72 Å². The van der Waals surface area contributed by atoms with Crippen LogP contribution in [0.15, 0.2) is 28.5 Å². The Bertz CT molecular complexity index is 583. The zero-order chi connectivity index (χ0) is 16.2. The van der Waals surface area contributed by atoms with Gasteiger partial charge in [-0.25, -0.2) is 13.1 Å². The van der Waals surface area contributed by atoms with Gasteiger partial charge in [0.1, 0.15) is 4.21 Å². The molecule has 1 aromatic heterocycles. The van der Waals surface area contributed by atoms with Gasteiger partial charge in [-0.3, -0.25) is 0 Å². The van der Waals surface area contributed by atoms with Crippen LogP contribution in [0.4, 0.5) is 0 Å². The molecular weight excluding hydrogens is 330 g/mol. The summed E-state index contributed by atoms with van der Waals surface area (Å²) in [4.78, 5) is 0. The van der Waals surface area contributed by atoms with Gasteiger partial charge in [0.2, 0.25) is 10.0 Å². The zero-order valence-corrected chi connectivity index (χ0v) is 14.9. The molecule has 0 aliphatic heterocycles. The second kappa shape index (κ2) is 7.74. The SMILES string of the molecule is C=C(C)C[C@H](O)[C@@H](NS(=O)(=O)c1ccc(Cl)s1)[C@@H](C)CC. The maximum Gasteiger partial charge on any atom is 0.250 e. The molecule has 120 valence electrons. The number of hydrogen-bond acceptors (Lipinski definition) is 4. The standard InChI is InChI=1S/C14H22ClNO3S2/c1-5-10(4)14(11(17)8-9(2)3)16-21(18,19)13-7-6-12(15)20-13/h6-7,10-11,14,16-17H,2,5,8H2,1,3-4H3/t10-,11-,14-/m0/s1. The largest absolute Gasteiger partial charge is 0.391 e. The van der Waals surface area contributed by atoms with Crippen LogP contribution >= 0.6 is 22.9 Å². The molecule has 0 unspecified atom stereocenters. The van der Waals surface area contributed by atoms with E-state index in [0.29, 0.717) is 10.8 Å². The van der Waals surface area contributed by atoms with Crippen LogP contribution in [0.2, 0.25) is 4.34 Å². The minimum Gasteiger partial charge on any atom is -0.391 e.